The second kappa shape index (κ2) is 14.3. The molecule has 0 aliphatic carbocycles. The molecule has 5 unspecified atom stereocenters. The van der Waals surface area contributed by atoms with Crippen LogP contribution in [0.3, 0.4) is 0 Å². The first kappa shape index (κ1) is 33.1. The number of nitrogens with zero attached hydrogens (tertiary/aromatic N) is 1. The van der Waals surface area contributed by atoms with Gasteiger partial charge in [0.25, 0.3) is 11.8 Å². The van der Waals surface area contributed by atoms with Gasteiger partial charge in [-0.25, -0.2) is 12.8 Å². The maximum Gasteiger partial charge on any atom is 0.251 e. The van der Waals surface area contributed by atoms with Crippen molar-refractivity contribution in [3.63, 3.8) is 0 Å². The molecule has 3 aromatic carbocycles. The average Bonchev–Trinajstić information content (AvgIpc) is 3.00. The van der Waals surface area contributed by atoms with E-state index < -0.39 is 58.0 Å². The molecule has 1 fully saturated rings. The van der Waals surface area contributed by atoms with Crippen molar-refractivity contribution < 1.29 is 32.6 Å². The summed E-state index contributed by atoms with van der Waals surface area (Å²) in [6, 6.07) is 17.3. The van der Waals surface area contributed by atoms with Crippen molar-refractivity contribution in [1.82, 2.24) is 16.0 Å². The summed E-state index contributed by atoms with van der Waals surface area (Å²) < 4.78 is 39.1. The molecule has 0 spiro atoms. The Morgan fingerprint density at radius 2 is 1.64 bits per heavy atom. The molecule has 0 aromatic heterocycles. The van der Waals surface area contributed by atoms with Crippen molar-refractivity contribution in [2.75, 3.05) is 24.2 Å². The maximum atomic E-state index is 13.7. The van der Waals surface area contributed by atoms with Crippen LogP contribution in [-0.2, 0) is 16.4 Å². The van der Waals surface area contributed by atoms with Gasteiger partial charge in [-0.15, -0.1) is 0 Å². The highest BCUT2D eigenvalue weighted by Gasteiger charge is 2.33. The second-order valence-corrected chi connectivity index (χ2v) is 13.3. The summed E-state index contributed by atoms with van der Waals surface area (Å²) >= 11 is 0. The lowest BCUT2D eigenvalue weighted by molar-refractivity contribution is 0.0339. The summed E-state index contributed by atoms with van der Waals surface area (Å²) in [4.78, 5) is 27.1. The van der Waals surface area contributed by atoms with Crippen LogP contribution in [0.1, 0.15) is 57.7 Å². The van der Waals surface area contributed by atoms with Crippen molar-refractivity contribution in [1.29, 1.82) is 0 Å². The third-order valence-corrected chi connectivity index (χ3v) is 9.08. The Hall–Kier alpha value is -3.84. The maximum absolute atomic E-state index is 13.7. The largest absolute Gasteiger partial charge is 0.393 e. The summed E-state index contributed by atoms with van der Waals surface area (Å²) in [6.45, 7) is 2.24. The number of halogens is 1. The highest BCUT2D eigenvalue weighted by molar-refractivity contribution is 7.92. The van der Waals surface area contributed by atoms with Crippen LogP contribution in [-0.4, -0.2) is 74.6 Å². The van der Waals surface area contributed by atoms with E-state index in [1.54, 1.807) is 19.1 Å². The standard InChI is InChI=1S/C32H39FN4O6S/c1-20(22-9-11-25(33)12-10-22)35-31(40)23-16-24(18-26(17-23)37(2)44(3,42)43)32(41)36-29(15-21-7-5-4-6-8-21)30(39)28-19-27(38)13-14-34-28/h4-12,16-18,20,27-30,34,38-39H,13-15,19H2,1-3H3,(H,35,40)(H,36,41). The number of hydrogen-bond acceptors (Lipinski definition) is 7. The fraction of sp³-hybridized carbons (Fsp3) is 0.375. The smallest absolute Gasteiger partial charge is 0.251 e. The first-order valence-electron chi connectivity index (χ1n) is 14.4. The van der Waals surface area contributed by atoms with E-state index in [-0.39, 0.29) is 23.2 Å². The van der Waals surface area contributed by atoms with Gasteiger partial charge in [-0.1, -0.05) is 42.5 Å². The number of hydrogen-bond donors (Lipinski definition) is 5. The van der Waals surface area contributed by atoms with E-state index in [1.807, 2.05) is 30.3 Å². The van der Waals surface area contributed by atoms with E-state index in [2.05, 4.69) is 16.0 Å². The minimum absolute atomic E-state index is 0.0134. The van der Waals surface area contributed by atoms with E-state index in [9.17, 15) is 32.6 Å². The molecule has 0 bridgehead atoms. The first-order chi connectivity index (χ1) is 20.8. The number of carbonyl (C=O) groups is 2. The summed E-state index contributed by atoms with van der Waals surface area (Å²) in [7, 11) is -2.43. The number of sulfonamides is 1. The van der Waals surface area contributed by atoms with E-state index >= 15 is 0 Å². The van der Waals surface area contributed by atoms with Crippen molar-refractivity contribution in [3.05, 3.63) is 101 Å². The van der Waals surface area contributed by atoms with Crippen LogP contribution in [0.2, 0.25) is 0 Å². The van der Waals surface area contributed by atoms with Crippen molar-refractivity contribution in [3.8, 4) is 0 Å². The monoisotopic (exact) mass is 626 g/mol. The number of rotatable bonds is 11. The van der Waals surface area contributed by atoms with Gasteiger partial charge in [-0.2, -0.15) is 0 Å². The Labute approximate surface area is 257 Å². The number of nitrogens with one attached hydrogen (secondary N) is 3. The summed E-state index contributed by atoms with van der Waals surface area (Å²) in [6.07, 6.45) is 0.528. The summed E-state index contributed by atoms with van der Waals surface area (Å²) in [5.41, 5.74) is 1.67. The summed E-state index contributed by atoms with van der Waals surface area (Å²) in [5.74, 6) is -1.60. The molecular weight excluding hydrogens is 587 g/mol. The molecule has 2 amide bonds. The van der Waals surface area contributed by atoms with Gasteiger partial charge in [-0.05, 0) is 74.2 Å². The number of carbonyl (C=O) groups excluding carboxylic acids is 2. The molecule has 12 heteroatoms. The van der Waals surface area contributed by atoms with Gasteiger partial charge in [-0.3, -0.25) is 13.9 Å². The lowest BCUT2D eigenvalue weighted by Crippen LogP contribution is -2.56. The fourth-order valence-electron chi connectivity index (χ4n) is 5.21. The number of piperidine rings is 1. The van der Waals surface area contributed by atoms with Gasteiger partial charge in [0.15, 0.2) is 0 Å². The van der Waals surface area contributed by atoms with Crippen molar-refractivity contribution in [2.24, 2.45) is 0 Å². The van der Waals surface area contributed by atoms with Crippen LogP contribution >= 0.6 is 0 Å². The molecule has 236 valence electrons. The molecule has 4 rings (SSSR count). The van der Waals surface area contributed by atoms with Gasteiger partial charge in [0, 0.05) is 24.2 Å². The number of aliphatic hydroxyl groups is 2. The highest BCUT2D eigenvalue weighted by atomic mass is 32.2. The van der Waals surface area contributed by atoms with Crippen molar-refractivity contribution in [2.45, 2.75) is 56.5 Å². The van der Waals surface area contributed by atoms with Gasteiger partial charge in [0.2, 0.25) is 10.0 Å². The minimum Gasteiger partial charge on any atom is -0.393 e. The van der Waals surface area contributed by atoms with Gasteiger partial charge in [0.05, 0.1) is 36.2 Å². The van der Waals surface area contributed by atoms with E-state index in [1.165, 1.54) is 37.4 Å². The van der Waals surface area contributed by atoms with E-state index in [0.29, 0.717) is 24.9 Å². The topological polar surface area (TPSA) is 148 Å². The van der Waals surface area contributed by atoms with E-state index in [4.69, 9.17) is 0 Å². The van der Waals surface area contributed by atoms with Crippen LogP contribution in [0.4, 0.5) is 10.1 Å². The second-order valence-electron chi connectivity index (χ2n) is 11.2. The van der Waals surface area contributed by atoms with Gasteiger partial charge >= 0.3 is 0 Å². The lowest BCUT2D eigenvalue weighted by atomic mass is 9.90. The Kier molecular flexibility index (Phi) is 10.7. The zero-order valence-corrected chi connectivity index (χ0v) is 25.7. The molecule has 5 N–H and O–H groups in total. The van der Waals surface area contributed by atoms with Crippen molar-refractivity contribution >= 4 is 27.5 Å². The third kappa shape index (κ3) is 8.63. The molecule has 1 aliphatic heterocycles. The molecule has 0 saturated carbocycles. The summed E-state index contributed by atoms with van der Waals surface area (Å²) in [5, 5.41) is 30.5. The molecule has 0 radical (unpaired) electrons. The normalized spacial score (nSPS) is 19.0. The molecule has 3 aromatic rings. The van der Waals surface area contributed by atoms with Gasteiger partial charge in [0.1, 0.15) is 5.82 Å². The number of amides is 2. The van der Waals surface area contributed by atoms with E-state index in [0.717, 1.165) is 16.1 Å². The quantitative estimate of drug-likeness (QED) is 0.220. The average molecular weight is 627 g/mol. The van der Waals surface area contributed by atoms with Gasteiger partial charge < -0.3 is 26.2 Å². The Morgan fingerprint density at radius 3 is 2.23 bits per heavy atom. The number of anilines is 1. The fourth-order valence-corrected chi connectivity index (χ4v) is 5.70. The van der Waals surface area contributed by atoms with Crippen LogP contribution in [0.5, 0.6) is 0 Å². The predicted octanol–water partition coefficient (Wildman–Crippen LogP) is 2.53. The number of aliphatic hydroxyl groups excluding tert-OH is 2. The molecular formula is C32H39FN4O6S. The zero-order valence-electron chi connectivity index (χ0n) is 24.9. The molecule has 1 aliphatic rings. The first-order valence-corrected chi connectivity index (χ1v) is 16.3. The number of benzene rings is 3. The Balaban J connectivity index is 1.64. The lowest BCUT2D eigenvalue weighted by Gasteiger charge is -2.35. The molecule has 44 heavy (non-hydrogen) atoms. The SMILES string of the molecule is CC(NC(=O)c1cc(C(=O)NC(Cc2ccccc2)C(O)C2CC(O)CCN2)cc(N(C)S(C)(=O)=O)c1)c1ccc(F)cc1. The Morgan fingerprint density at radius 1 is 1.02 bits per heavy atom. The van der Waals surface area contributed by atoms with Crippen LogP contribution in [0.15, 0.2) is 72.8 Å². The Bertz CT molecular complexity index is 1550. The zero-order chi connectivity index (χ0) is 32.0. The third-order valence-electron chi connectivity index (χ3n) is 7.87. The molecule has 5 atom stereocenters. The highest BCUT2D eigenvalue weighted by Crippen LogP contribution is 2.23. The van der Waals surface area contributed by atoms with Crippen LogP contribution in [0, 0.1) is 5.82 Å². The molecule has 1 heterocycles. The van der Waals surface area contributed by atoms with Crippen LogP contribution < -0.4 is 20.3 Å². The minimum atomic E-state index is -3.75. The predicted molar refractivity (Wildman–Crippen MR) is 166 cm³/mol. The molecule has 1 saturated heterocycles. The molecule has 10 nitrogen and oxygen atoms in total. The van der Waals surface area contributed by atoms with Crippen LogP contribution in [0.25, 0.3) is 0 Å².